The van der Waals surface area contributed by atoms with Crippen LogP contribution in [0.2, 0.25) is 0 Å². The molecule has 1 fully saturated rings. The quantitative estimate of drug-likeness (QED) is 0.749. The topological polar surface area (TPSA) is 18.5 Å². The Labute approximate surface area is 133 Å². The largest absolute Gasteiger partial charge is 0.497 e. The summed E-state index contributed by atoms with van der Waals surface area (Å²) < 4.78 is 11.1. The first-order valence-corrected chi connectivity index (χ1v) is 7.57. The molecular formula is C19H19BO2. The van der Waals surface area contributed by atoms with Crippen LogP contribution < -0.4 is 9.47 Å². The van der Waals surface area contributed by atoms with E-state index in [2.05, 4.69) is 24.3 Å². The third kappa shape index (κ3) is 3.54. The van der Waals surface area contributed by atoms with Crippen molar-refractivity contribution in [1.29, 1.82) is 0 Å². The van der Waals surface area contributed by atoms with Crippen molar-refractivity contribution in [1.82, 2.24) is 0 Å². The Morgan fingerprint density at radius 2 is 1.77 bits per heavy atom. The summed E-state index contributed by atoms with van der Waals surface area (Å²) in [6, 6.07) is 16.1. The molecule has 1 saturated carbocycles. The first kappa shape index (κ1) is 14.8. The third-order valence-corrected chi connectivity index (χ3v) is 3.88. The summed E-state index contributed by atoms with van der Waals surface area (Å²) in [5.74, 6) is 1.69. The normalized spacial score (nSPS) is 12.9. The molecule has 0 heterocycles. The molecule has 1 aliphatic rings. The van der Waals surface area contributed by atoms with Crippen molar-refractivity contribution in [3.63, 3.8) is 0 Å². The minimum Gasteiger partial charge on any atom is -0.497 e. The highest BCUT2D eigenvalue weighted by Crippen LogP contribution is 2.37. The van der Waals surface area contributed by atoms with Crippen LogP contribution in [-0.2, 0) is 6.32 Å². The fourth-order valence-electron chi connectivity index (χ4n) is 2.47. The molecule has 3 rings (SSSR count). The molecule has 0 amide bonds. The molecule has 0 N–H and O–H groups in total. The lowest BCUT2D eigenvalue weighted by atomic mass is 9.94. The Morgan fingerprint density at radius 3 is 2.41 bits per heavy atom. The van der Waals surface area contributed by atoms with Crippen molar-refractivity contribution in [3.8, 4) is 11.5 Å². The molecule has 0 aromatic heterocycles. The predicted octanol–water partition coefficient (Wildman–Crippen LogP) is 3.99. The molecule has 0 saturated heterocycles. The van der Waals surface area contributed by atoms with Crippen molar-refractivity contribution in [2.24, 2.45) is 0 Å². The Balaban J connectivity index is 1.74. The van der Waals surface area contributed by atoms with Crippen molar-refractivity contribution in [2.75, 3.05) is 13.7 Å². The SMILES string of the molecule is [B]Cc1cccc(C(COc2ccc(OC)cc2)=C2CC2)c1. The monoisotopic (exact) mass is 290 g/mol. The van der Waals surface area contributed by atoms with Gasteiger partial charge in [0.25, 0.3) is 0 Å². The van der Waals surface area contributed by atoms with Gasteiger partial charge in [-0.05, 0) is 48.2 Å². The summed E-state index contributed by atoms with van der Waals surface area (Å²) in [4.78, 5) is 0. The van der Waals surface area contributed by atoms with Gasteiger partial charge in [0, 0.05) is 0 Å². The maximum absolute atomic E-state index is 5.95. The average molecular weight is 290 g/mol. The minimum atomic E-state index is 0.565. The molecule has 22 heavy (non-hydrogen) atoms. The molecule has 3 heteroatoms. The lowest BCUT2D eigenvalue weighted by molar-refractivity contribution is 0.367. The van der Waals surface area contributed by atoms with Crippen molar-refractivity contribution in [3.05, 3.63) is 65.2 Å². The second-order valence-electron chi connectivity index (χ2n) is 5.45. The van der Waals surface area contributed by atoms with Crippen molar-refractivity contribution < 1.29 is 9.47 Å². The van der Waals surface area contributed by atoms with Gasteiger partial charge in [0.2, 0.25) is 0 Å². The van der Waals surface area contributed by atoms with E-state index in [1.807, 2.05) is 24.3 Å². The molecule has 0 bridgehead atoms. The van der Waals surface area contributed by atoms with Gasteiger partial charge in [0.15, 0.2) is 0 Å². The average Bonchev–Trinajstić information content (AvgIpc) is 3.41. The smallest absolute Gasteiger partial charge is 0.120 e. The first-order chi connectivity index (χ1) is 10.8. The van der Waals surface area contributed by atoms with E-state index in [0.29, 0.717) is 12.9 Å². The van der Waals surface area contributed by atoms with Gasteiger partial charge in [-0.2, -0.15) is 0 Å². The first-order valence-electron chi connectivity index (χ1n) is 7.57. The van der Waals surface area contributed by atoms with E-state index in [1.54, 1.807) is 7.11 Å². The lowest BCUT2D eigenvalue weighted by Gasteiger charge is -2.12. The molecule has 0 aliphatic heterocycles. The molecule has 0 spiro atoms. The van der Waals surface area contributed by atoms with Crippen LogP contribution in [-0.4, -0.2) is 21.6 Å². The number of allylic oxidation sites excluding steroid dienone is 1. The lowest BCUT2D eigenvalue weighted by Crippen LogP contribution is -2.02. The Morgan fingerprint density at radius 1 is 1.05 bits per heavy atom. The second kappa shape index (κ2) is 6.74. The zero-order chi connectivity index (χ0) is 15.4. The molecular weight excluding hydrogens is 271 g/mol. The summed E-state index contributed by atoms with van der Waals surface area (Å²) in [5.41, 5.74) is 5.17. The van der Waals surface area contributed by atoms with E-state index in [1.165, 1.54) is 29.6 Å². The van der Waals surface area contributed by atoms with E-state index in [9.17, 15) is 0 Å². The molecule has 2 radical (unpaired) electrons. The van der Waals surface area contributed by atoms with Crippen molar-refractivity contribution in [2.45, 2.75) is 19.2 Å². The van der Waals surface area contributed by atoms with Gasteiger partial charge < -0.3 is 9.47 Å². The van der Waals surface area contributed by atoms with E-state index >= 15 is 0 Å². The summed E-state index contributed by atoms with van der Waals surface area (Å²) >= 11 is 0. The van der Waals surface area contributed by atoms with E-state index < -0.39 is 0 Å². The van der Waals surface area contributed by atoms with Gasteiger partial charge in [-0.1, -0.05) is 41.7 Å². The van der Waals surface area contributed by atoms with Crippen LogP contribution in [0.5, 0.6) is 11.5 Å². The van der Waals surface area contributed by atoms with Crippen LogP contribution in [0.4, 0.5) is 0 Å². The van der Waals surface area contributed by atoms with Gasteiger partial charge in [-0.25, -0.2) is 0 Å². The molecule has 0 unspecified atom stereocenters. The Hall–Kier alpha value is -2.16. The van der Waals surface area contributed by atoms with E-state index in [4.69, 9.17) is 17.3 Å². The number of hydrogen-bond donors (Lipinski definition) is 0. The van der Waals surface area contributed by atoms with Crippen LogP contribution in [0.1, 0.15) is 24.0 Å². The number of ether oxygens (including phenoxy) is 2. The van der Waals surface area contributed by atoms with Gasteiger partial charge in [-0.3, -0.25) is 0 Å². The summed E-state index contributed by atoms with van der Waals surface area (Å²) in [6.07, 6.45) is 2.91. The summed E-state index contributed by atoms with van der Waals surface area (Å²) in [6.45, 7) is 0.593. The number of rotatable bonds is 6. The van der Waals surface area contributed by atoms with Crippen molar-refractivity contribution >= 4 is 13.4 Å². The zero-order valence-electron chi connectivity index (χ0n) is 12.8. The highest BCUT2D eigenvalue weighted by Gasteiger charge is 2.19. The Bertz CT molecular complexity index is 668. The Kier molecular flexibility index (Phi) is 4.52. The van der Waals surface area contributed by atoms with Gasteiger partial charge >= 0.3 is 0 Å². The molecule has 0 atom stereocenters. The van der Waals surface area contributed by atoms with Crippen LogP contribution >= 0.6 is 0 Å². The second-order valence-corrected chi connectivity index (χ2v) is 5.45. The fraction of sp³-hybridized carbons (Fsp3) is 0.263. The predicted molar refractivity (Wildman–Crippen MR) is 90.5 cm³/mol. The number of hydrogen-bond acceptors (Lipinski definition) is 2. The summed E-state index contributed by atoms with van der Waals surface area (Å²) in [7, 11) is 7.41. The number of methoxy groups -OCH3 is 1. The number of benzene rings is 2. The third-order valence-electron chi connectivity index (χ3n) is 3.88. The summed E-state index contributed by atoms with van der Waals surface area (Å²) in [5, 5.41) is 0. The maximum Gasteiger partial charge on any atom is 0.120 e. The molecule has 1 aliphatic carbocycles. The van der Waals surface area contributed by atoms with Gasteiger partial charge in [0.05, 0.1) is 15.0 Å². The zero-order valence-corrected chi connectivity index (χ0v) is 12.8. The van der Waals surface area contributed by atoms with E-state index in [-0.39, 0.29) is 0 Å². The van der Waals surface area contributed by atoms with Crippen LogP contribution in [0.25, 0.3) is 5.57 Å². The highest BCUT2D eigenvalue weighted by molar-refractivity contribution is 6.08. The molecule has 2 aromatic rings. The molecule has 2 nitrogen and oxygen atoms in total. The fourth-order valence-corrected chi connectivity index (χ4v) is 2.47. The van der Waals surface area contributed by atoms with Crippen LogP contribution in [0.3, 0.4) is 0 Å². The minimum absolute atomic E-state index is 0.565. The highest BCUT2D eigenvalue weighted by atomic mass is 16.5. The molecule has 110 valence electrons. The standard InChI is InChI=1S/C19H19BO2/c1-21-17-7-9-18(10-8-17)22-13-19(15-5-6-15)16-4-2-3-14(11-16)12-20/h2-4,7-11H,5-6,12-13H2,1H3. The van der Waals surface area contributed by atoms with Crippen LogP contribution in [0, 0.1) is 0 Å². The maximum atomic E-state index is 5.95. The van der Waals surface area contributed by atoms with E-state index in [0.717, 1.165) is 17.1 Å². The van der Waals surface area contributed by atoms with Crippen LogP contribution in [0.15, 0.2) is 54.1 Å². The molecule has 2 aromatic carbocycles. The van der Waals surface area contributed by atoms with Gasteiger partial charge in [0.1, 0.15) is 18.1 Å². The van der Waals surface area contributed by atoms with Gasteiger partial charge in [-0.15, -0.1) is 0 Å².